The Morgan fingerprint density at radius 3 is 2.61 bits per heavy atom. The van der Waals surface area contributed by atoms with E-state index >= 15 is 0 Å². The van der Waals surface area contributed by atoms with Crippen LogP contribution in [0.2, 0.25) is 0 Å². The maximum atomic E-state index is 12.0. The zero-order chi connectivity index (χ0) is 13.2. The first-order valence-corrected chi connectivity index (χ1v) is 7.72. The molecular formula is C13H22N2O2S. The molecule has 0 radical (unpaired) electrons. The van der Waals surface area contributed by atoms with Gasteiger partial charge in [0.2, 0.25) is 11.8 Å². The zero-order valence-electron chi connectivity index (χ0n) is 11.2. The standard InChI is InChI=1S/C13H22N2O2S/c1-10(2)18-8-12(17)15-5-3-13(4-6-15)7-11(16)14-9-13/h10H,3-9H2,1-2H3,(H,14,16). The molecular weight excluding hydrogens is 248 g/mol. The van der Waals surface area contributed by atoms with E-state index in [0.717, 1.165) is 32.5 Å². The highest BCUT2D eigenvalue weighted by molar-refractivity contribution is 8.00. The van der Waals surface area contributed by atoms with E-state index < -0.39 is 0 Å². The van der Waals surface area contributed by atoms with Gasteiger partial charge in [-0.25, -0.2) is 0 Å². The van der Waals surface area contributed by atoms with E-state index in [2.05, 4.69) is 19.2 Å². The molecule has 0 aromatic heterocycles. The lowest BCUT2D eigenvalue weighted by Gasteiger charge is -2.38. The summed E-state index contributed by atoms with van der Waals surface area (Å²) in [6.07, 6.45) is 2.57. The van der Waals surface area contributed by atoms with Crippen molar-refractivity contribution in [2.45, 2.75) is 38.4 Å². The van der Waals surface area contributed by atoms with Gasteiger partial charge in [-0.1, -0.05) is 13.8 Å². The quantitative estimate of drug-likeness (QED) is 0.840. The molecule has 2 aliphatic heterocycles. The van der Waals surface area contributed by atoms with Gasteiger partial charge in [0.25, 0.3) is 0 Å². The number of nitrogens with one attached hydrogen (secondary N) is 1. The van der Waals surface area contributed by atoms with Crippen LogP contribution in [0.1, 0.15) is 33.1 Å². The minimum Gasteiger partial charge on any atom is -0.356 e. The van der Waals surface area contributed by atoms with Crippen LogP contribution >= 0.6 is 11.8 Å². The SMILES string of the molecule is CC(C)SCC(=O)N1CCC2(CC1)CNC(=O)C2. The summed E-state index contributed by atoms with van der Waals surface area (Å²) in [5.74, 6) is 1.01. The van der Waals surface area contributed by atoms with Crippen LogP contribution in [-0.2, 0) is 9.59 Å². The smallest absolute Gasteiger partial charge is 0.232 e. The van der Waals surface area contributed by atoms with E-state index in [9.17, 15) is 9.59 Å². The first-order chi connectivity index (χ1) is 8.51. The second-order valence-corrected chi connectivity index (χ2v) is 7.26. The molecule has 5 heteroatoms. The molecule has 102 valence electrons. The molecule has 0 bridgehead atoms. The summed E-state index contributed by atoms with van der Waals surface area (Å²) < 4.78 is 0. The van der Waals surface area contributed by atoms with Gasteiger partial charge in [0.1, 0.15) is 0 Å². The molecule has 0 unspecified atom stereocenters. The normalized spacial score (nSPS) is 22.6. The van der Waals surface area contributed by atoms with Crippen LogP contribution in [-0.4, -0.2) is 47.4 Å². The van der Waals surface area contributed by atoms with Crippen LogP contribution in [0.15, 0.2) is 0 Å². The Hall–Kier alpha value is -0.710. The largest absolute Gasteiger partial charge is 0.356 e. The van der Waals surface area contributed by atoms with Crippen molar-refractivity contribution >= 4 is 23.6 Å². The average molecular weight is 270 g/mol. The predicted octanol–water partition coefficient (Wildman–Crippen LogP) is 1.26. The van der Waals surface area contributed by atoms with Crippen molar-refractivity contribution < 1.29 is 9.59 Å². The number of hydrogen-bond acceptors (Lipinski definition) is 3. The van der Waals surface area contributed by atoms with Crippen LogP contribution in [0.4, 0.5) is 0 Å². The van der Waals surface area contributed by atoms with Crippen LogP contribution in [0.25, 0.3) is 0 Å². The van der Waals surface area contributed by atoms with Crippen molar-refractivity contribution in [2.24, 2.45) is 5.41 Å². The molecule has 0 aromatic carbocycles. The number of thioether (sulfide) groups is 1. The van der Waals surface area contributed by atoms with Crippen LogP contribution in [0, 0.1) is 5.41 Å². The zero-order valence-corrected chi connectivity index (χ0v) is 12.0. The van der Waals surface area contributed by atoms with Gasteiger partial charge in [-0.3, -0.25) is 9.59 Å². The fourth-order valence-electron chi connectivity index (χ4n) is 2.66. The van der Waals surface area contributed by atoms with Crippen molar-refractivity contribution in [3.63, 3.8) is 0 Å². The number of carbonyl (C=O) groups excluding carboxylic acids is 2. The summed E-state index contributed by atoms with van der Waals surface area (Å²) in [6, 6.07) is 0. The maximum Gasteiger partial charge on any atom is 0.232 e. The molecule has 18 heavy (non-hydrogen) atoms. The van der Waals surface area contributed by atoms with E-state index in [4.69, 9.17) is 0 Å². The van der Waals surface area contributed by atoms with E-state index in [1.54, 1.807) is 11.8 Å². The number of carbonyl (C=O) groups is 2. The molecule has 2 rings (SSSR count). The Labute approximate surface area is 113 Å². The monoisotopic (exact) mass is 270 g/mol. The van der Waals surface area contributed by atoms with Crippen molar-refractivity contribution in [2.75, 3.05) is 25.4 Å². The first kappa shape index (κ1) is 13.7. The van der Waals surface area contributed by atoms with Crippen molar-refractivity contribution in [3.8, 4) is 0 Å². The minimum absolute atomic E-state index is 0.138. The molecule has 0 atom stereocenters. The van der Waals surface area contributed by atoms with E-state index in [1.807, 2.05) is 4.90 Å². The molecule has 0 aliphatic carbocycles. The first-order valence-electron chi connectivity index (χ1n) is 6.67. The average Bonchev–Trinajstić information content (AvgIpc) is 2.68. The molecule has 1 spiro atoms. The summed E-state index contributed by atoms with van der Waals surface area (Å²) in [6.45, 7) is 6.64. The lowest BCUT2D eigenvalue weighted by molar-refractivity contribution is -0.130. The van der Waals surface area contributed by atoms with E-state index in [1.165, 1.54) is 0 Å². The summed E-state index contributed by atoms with van der Waals surface area (Å²) in [4.78, 5) is 25.3. The molecule has 2 aliphatic rings. The Morgan fingerprint density at radius 2 is 2.11 bits per heavy atom. The predicted molar refractivity (Wildman–Crippen MR) is 73.5 cm³/mol. The van der Waals surface area contributed by atoms with Gasteiger partial charge in [0.05, 0.1) is 5.75 Å². The molecule has 0 saturated carbocycles. The number of likely N-dealkylation sites (tertiary alicyclic amines) is 1. The Balaban J connectivity index is 1.79. The van der Waals surface area contributed by atoms with Crippen molar-refractivity contribution in [1.29, 1.82) is 0 Å². The summed E-state index contributed by atoms with van der Waals surface area (Å²) >= 11 is 1.70. The topological polar surface area (TPSA) is 49.4 Å². The van der Waals surface area contributed by atoms with Gasteiger partial charge in [-0.15, -0.1) is 11.8 Å². The lowest BCUT2D eigenvalue weighted by atomic mass is 9.78. The Bertz CT molecular complexity index is 336. The molecule has 4 nitrogen and oxygen atoms in total. The van der Waals surface area contributed by atoms with Crippen LogP contribution in [0.3, 0.4) is 0 Å². The third-order valence-corrected chi connectivity index (χ3v) is 4.99. The highest BCUT2D eigenvalue weighted by atomic mass is 32.2. The van der Waals surface area contributed by atoms with Crippen molar-refractivity contribution in [3.05, 3.63) is 0 Å². The number of hydrogen-bond donors (Lipinski definition) is 1. The van der Waals surface area contributed by atoms with E-state index in [-0.39, 0.29) is 17.2 Å². The minimum atomic E-state index is 0.138. The highest BCUT2D eigenvalue weighted by Gasteiger charge is 2.41. The fourth-order valence-corrected chi connectivity index (χ4v) is 3.32. The van der Waals surface area contributed by atoms with Gasteiger partial charge in [-0.05, 0) is 23.5 Å². The molecule has 2 amide bonds. The van der Waals surface area contributed by atoms with Crippen LogP contribution < -0.4 is 5.32 Å². The third kappa shape index (κ3) is 3.19. The fraction of sp³-hybridized carbons (Fsp3) is 0.846. The highest BCUT2D eigenvalue weighted by Crippen LogP contribution is 2.37. The van der Waals surface area contributed by atoms with Gasteiger partial charge < -0.3 is 10.2 Å². The third-order valence-electron chi connectivity index (χ3n) is 3.91. The molecule has 2 saturated heterocycles. The maximum absolute atomic E-state index is 12.0. The van der Waals surface area contributed by atoms with Gasteiger partial charge in [0, 0.05) is 26.1 Å². The van der Waals surface area contributed by atoms with Crippen molar-refractivity contribution in [1.82, 2.24) is 10.2 Å². The number of amides is 2. The number of rotatable bonds is 3. The summed E-state index contributed by atoms with van der Waals surface area (Å²) in [5, 5.41) is 3.42. The summed E-state index contributed by atoms with van der Waals surface area (Å²) in [5.41, 5.74) is 0.138. The summed E-state index contributed by atoms with van der Waals surface area (Å²) in [7, 11) is 0. The Kier molecular flexibility index (Phi) is 4.20. The second kappa shape index (κ2) is 5.51. The van der Waals surface area contributed by atoms with E-state index in [0.29, 0.717) is 17.4 Å². The number of nitrogens with zero attached hydrogens (tertiary/aromatic N) is 1. The lowest BCUT2D eigenvalue weighted by Crippen LogP contribution is -2.44. The molecule has 0 aromatic rings. The molecule has 2 fully saturated rings. The van der Waals surface area contributed by atoms with Gasteiger partial charge in [-0.2, -0.15) is 0 Å². The Morgan fingerprint density at radius 1 is 1.44 bits per heavy atom. The van der Waals surface area contributed by atoms with Gasteiger partial charge >= 0.3 is 0 Å². The van der Waals surface area contributed by atoms with Crippen LogP contribution in [0.5, 0.6) is 0 Å². The number of piperidine rings is 1. The molecule has 2 heterocycles. The van der Waals surface area contributed by atoms with Gasteiger partial charge in [0.15, 0.2) is 0 Å². The molecule has 1 N–H and O–H groups in total. The second-order valence-electron chi connectivity index (χ2n) is 5.69.